The molecule has 5 rings (SSSR count). The van der Waals surface area contributed by atoms with Crippen molar-refractivity contribution in [3.8, 4) is 17.0 Å². The summed E-state index contributed by atoms with van der Waals surface area (Å²) < 4.78 is 6.31. The Labute approximate surface area is 205 Å². The standard InChI is InChI=1S/C25H23N5O4S/c1-15(31)27-24-28-19-9-8-17(13-22(19)35-24)18-12-20(23(33-2)26-14-18)29-25(32)30-21(10-11-34-30)16-6-4-3-5-7-16/h3-9,12-14,21H,10-11H2,1-2H3,(H,29,32)(H,27,28,31)/t21-/m0/s1. The minimum absolute atomic E-state index is 0.166. The molecule has 0 saturated carbocycles. The fourth-order valence-corrected chi connectivity index (χ4v) is 4.94. The number of nitrogens with one attached hydrogen (secondary N) is 2. The minimum Gasteiger partial charge on any atom is -0.480 e. The summed E-state index contributed by atoms with van der Waals surface area (Å²) in [5.41, 5.74) is 3.91. The first kappa shape index (κ1) is 22.8. The highest BCUT2D eigenvalue weighted by atomic mass is 32.1. The Morgan fingerprint density at radius 3 is 2.71 bits per heavy atom. The third kappa shape index (κ3) is 4.79. The second-order valence-electron chi connectivity index (χ2n) is 7.97. The van der Waals surface area contributed by atoms with Gasteiger partial charge >= 0.3 is 6.03 Å². The van der Waals surface area contributed by atoms with Gasteiger partial charge in [0.15, 0.2) is 5.13 Å². The van der Waals surface area contributed by atoms with E-state index in [-0.39, 0.29) is 11.9 Å². The van der Waals surface area contributed by atoms with Gasteiger partial charge in [0.2, 0.25) is 11.8 Å². The number of nitrogens with zero attached hydrogens (tertiary/aromatic N) is 3. The molecule has 0 unspecified atom stereocenters. The molecule has 0 aliphatic carbocycles. The molecule has 1 aliphatic heterocycles. The first-order valence-corrected chi connectivity index (χ1v) is 11.8. The molecule has 1 fully saturated rings. The summed E-state index contributed by atoms with van der Waals surface area (Å²) in [6, 6.07) is 16.8. The number of benzene rings is 2. The highest BCUT2D eigenvalue weighted by molar-refractivity contribution is 7.22. The van der Waals surface area contributed by atoms with Gasteiger partial charge in [0.05, 0.1) is 30.0 Å². The molecule has 2 aromatic carbocycles. The molecule has 3 amide bonds. The maximum Gasteiger partial charge on any atom is 0.346 e. The molecule has 9 nitrogen and oxygen atoms in total. The number of hydroxylamine groups is 2. The molecule has 1 atom stereocenters. The fourth-order valence-electron chi connectivity index (χ4n) is 3.99. The van der Waals surface area contributed by atoms with Crippen LogP contribution < -0.4 is 15.4 Å². The predicted molar refractivity (Wildman–Crippen MR) is 134 cm³/mol. The van der Waals surface area contributed by atoms with Crippen LogP contribution in [-0.4, -0.2) is 40.7 Å². The van der Waals surface area contributed by atoms with Crippen LogP contribution in [0.15, 0.2) is 60.8 Å². The van der Waals surface area contributed by atoms with Crippen molar-refractivity contribution >= 4 is 44.3 Å². The van der Waals surface area contributed by atoms with Crippen molar-refractivity contribution in [1.82, 2.24) is 15.0 Å². The average Bonchev–Trinajstić information content (AvgIpc) is 3.50. The van der Waals surface area contributed by atoms with E-state index in [0.717, 1.165) is 26.9 Å². The van der Waals surface area contributed by atoms with Gasteiger partial charge in [-0.05, 0) is 29.3 Å². The minimum atomic E-state index is -0.397. The summed E-state index contributed by atoms with van der Waals surface area (Å²) in [5.74, 6) is 0.130. The molecule has 0 bridgehead atoms. The lowest BCUT2D eigenvalue weighted by atomic mass is 10.1. The maximum absolute atomic E-state index is 13.1. The van der Waals surface area contributed by atoms with E-state index >= 15 is 0 Å². The molecule has 0 radical (unpaired) electrons. The number of amides is 3. The molecule has 1 saturated heterocycles. The summed E-state index contributed by atoms with van der Waals surface area (Å²) in [5, 5.41) is 7.53. The van der Waals surface area contributed by atoms with Crippen molar-refractivity contribution in [2.75, 3.05) is 24.4 Å². The SMILES string of the molecule is COc1ncc(-c2ccc3nc(NC(C)=O)sc3c2)cc1NC(=O)N1OCC[C@H]1c1ccccc1. The molecule has 0 spiro atoms. The van der Waals surface area contributed by atoms with E-state index in [2.05, 4.69) is 20.6 Å². The lowest BCUT2D eigenvalue weighted by Crippen LogP contribution is -2.33. The van der Waals surface area contributed by atoms with Gasteiger partial charge in [-0.2, -0.15) is 5.06 Å². The molecule has 10 heteroatoms. The van der Waals surface area contributed by atoms with Crippen LogP contribution in [0.2, 0.25) is 0 Å². The van der Waals surface area contributed by atoms with E-state index in [4.69, 9.17) is 9.57 Å². The number of hydrogen-bond acceptors (Lipinski definition) is 7. The Balaban J connectivity index is 1.41. The lowest BCUT2D eigenvalue weighted by molar-refractivity contribution is -0.114. The Bertz CT molecular complexity index is 1390. The molecular formula is C25H23N5O4S. The Kier molecular flexibility index (Phi) is 6.30. The number of aromatic nitrogens is 2. The van der Waals surface area contributed by atoms with Crippen LogP contribution in [0.25, 0.3) is 21.3 Å². The average molecular weight is 490 g/mol. The van der Waals surface area contributed by atoms with Gasteiger partial charge in [-0.25, -0.2) is 14.8 Å². The predicted octanol–water partition coefficient (Wildman–Crippen LogP) is 5.24. The zero-order valence-corrected chi connectivity index (χ0v) is 20.0. The fraction of sp³-hybridized carbons (Fsp3) is 0.200. The summed E-state index contributed by atoms with van der Waals surface area (Å²) in [7, 11) is 1.50. The number of methoxy groups -OCH3 is 1. The van der Waals surface area contributed by atoms with Crippen LogP contribution in [0.1, 0.15) is 24.9 Å². The highest BCUT2D eigenvalue weighted by Crippen LogP contribution is 2.35. The number of fused-ring (bicyclic) bond motifs is 1. The molecule has 35 heavy (non-hydrogen) atoms. The van der Waals surface area contributed by atoms with Crippen molar-refractivity contribution in [2.24, 2.45) is 0 Å². The van der Waals surface area contributed by atoms with Crippen molar-refractivity contribution in [3.63, 3.8) is 0 Å². The van der Waals surface area contributed by atoms with E-state index in [1.54, 1.807) is 6.20 Å². The smallest absolute Gasteiger partial charge is 0.346 e. The first-order chi connectivity index (χ1) is 17.0. The van der Waals surface area contributed by atoms with E-state index in [1.807, 2.05) is 54.6 Å². The van der Waals surface area contributed by atoms with Gasteiger partial charge in [0, 0.05) is 25.1 Å². The van der Waals surface area contributed by atoms with Crippen LogP contribution in [-0.2, 0) is 9.63 Å². The number of urea groups is 1. The lowest BCUT2D eigenvalue weighted by Gasteiger charge is -2.23. The van der Waals surface area contributed by atoms with Gasteiger partial charge in [-0.3, -0.25) is 9.63 Å². The van der Waals surface area contributed by atoms with Crippen LogP contribution >= 0.6 is 11.3 Å². The number of rotatable bonds is 5. The molecule has 3 heterocycles. The Morgan fingerprint density at radius 2 is 1.94 bits per heavy atom. The highest BCUT2D eigenvalue weighted by Gasteiger charge is 2.32. The number of carbonyl (C=O) groups excluding carboxylic acids is 2. The number of hydrogen-bond donors (Lipinski definition) is 2. The van der Waals surface area contributed by atoms with Crippen LogP contribution in [0.5, 0.6) is 5.88 Å². The van der Waals surface area contributed by atoms with Gasteiger partial charge in [-0.15, -0.1) is 0 Å². The second kappa shape index (κ2) is 9.69. The van der Waals surface area contributed by atoms with E-state index in [9.17, 15) is 9.59 Å². The topological polar surface area (TPSA) is 106 Å². The van der Waals surface area contributed by atoms with Crippen molar-refractivity contribution in [1.29, 1.82) is 0 Å². The van der Waals surface area contributed by atoms with Crippen molar-refractivity contribution in [2.45, 2.75) is 19.4 Å². The van der Waals surface area contributed by atoms with Gasteiger partial charge < -0.3 is 15.4 Å². The largest absolute Gasteiger partial charge is 0.480 e. The summed E-state index contributed by atoms with van der Waals surface area (Å²) in [4.78, 5) is 39.0. The number of anilines is 2. The molecule has 178 valence electrons. The zero-order valence-electron chi connectivity index (χ0n) is 19.1. The number of pyridine rings is 1. The zero-order chi connectivity index (χ0) is 24.4. The number of ether oxygens (including phenoxy) is 1. The normalized spacial score (nSPS) is 15.3. The van der Waals surface area contributed by atoms with E-state index in [0.29, 0.717) is 29.7 Å². The van der Waals surface area contributed by atoms with Crippen molar-refractivity contribution in [3.05, 3.63) is 66.4 Å². The second-order valence-corrected chi connectivity index (χ2v) is 9.00. The Hall–Kier alpha value is -4.02. The monoisotopic (exact) mass is 489 g/mol. The maximum atomic E-state index is 13.1. The van der Waals surface area contributed by atoms with Gasteiger partial charge in [0.1, 0.15) is 5.69 Å². The van der Waals surface area contributed by atoms with E-state index < -0.39 is 6.03 Å². The van der Waals surface area contributed by atoms with E-state index in [1.165, 1.54) is 30.4 Å². The third-order valence-corrected chi connectivity index (χ3v) is 6.51. The van der Waals surface area contributed by atoms with Gasteiger partial charge in [-0.1, -0.05) is 47.7 Å². The molecular weight excluding hydrogens is 466 g/mol. The number of thiazole rings is 1. The molecule has 2 N–H and O–H groups in total. The molecule has 2 aromatic heterocycles. The first-order valence-electron chi connectivity index (χ1n) is 11.0. The van der Waals surface area contributed by atoms with Gasteiger partial charge in [0.25, 0.3) is 0 Å². The molecule has 1 aliphatic rings. The summed E-state index contributed by atoms with van der Waals surface area (Å²) in [6.45, 7) is 1.91. The van der Waals surface area contributed by atoms with Crippen molar-refractivity contribution < 1.29 is 19.2 Å². The Morgan fingerprint density at radius 1 is 1.11 bits per heavy atom. The van der Waals surface area contributed by atoms with Crippen LogP contribution in [0.4, 0.5) is 15.6 Å². The van der Waals surface area contributed by atoms with Crippen LogP contribution in [0, 0.1) is 0 Å². The van der Waals surface area contributed by atoms with Crippen LogP contribution in [0.3, 0.4) is 0 Å². The summed E-state index contributed by atoms with van der Waals surface area (Å²) in [6.07, 6.45) is 2.40. The quantitative estimate of drug-likeness (QED) is 0.397. The molecule has 4 aromatic rings. The summed E-state index contributed by atoms with van der Waals surface area (Å²) >= 11 is 1.39. The number of carbonyl (C=O) groups is 2. The third-order valence-electron chi connectivity index (χ3n) is 5.58.